The molecule has 2 aliphatic heterocycles. The lowest BCUT2D eigenvalue weighted by Gasteiger charge is -2.41. The molecule has 6 heteroatoms. The zero-order valence-corrected chi connectivity index (χ0v) is 13.8. The molecule has 0 radical (unpaired) electrons. The van der Waals surface area contributed by atoms with E-state index in [-0.39, 0.29) is 17.9 Å². The van der Waals surface area contributed by atoms with Crippen LogP contribution in [0.25, 0.3) is 0 Å². The second-order valence-corrected chi connectivity index (χ2v) is 6.96. The smallest absolute Gasteiger partial charge is 0.255 e. The summed E-state index contributed by atoms with van der Waals surface area (Å²) in [4.78, 5) is 25.9. The number of hydrogen-bond acceptors (Lipinski definition) is 2. The standard InChI is InChI=1S/C15H16BrClN2O2/c16-10-2-3-12(17)11(7-10)15(21)19-6-5-13-9(8-19)1-4-14(20)18-13/h2-3,7,9,13H,1,4-6,8H2,(H,18,20). The van der Waals surface area contributed by atoms with Crippen molar-refractivity contribution in [3.63, 3.8) is 0 Å². The molecular weight excluding hydrogens is 356 g/mol. The van der Waals surface area contributed by atoms with Gasteiger partial charge >= 0.3 is 0 Å². The Morgan fingerprint density at radius 2 is 2.19 bits per heavy atom. The van der Waals surface area contributed by atoms with Crippen LogP contribution >= 0.6 is 27.5 Å². The number of rotatable bonds is 1. The summed E-state index contributed by atoms with van der Waals surface area (Å²) in [6.45, 7) is 1.34. The summed E-state index contributed by atoms with van der Waals surface area (Å²) < 4.78 is 0.843. The highest BCUT2D eigenvalue weighted by molar-refractivity contribution is 9.10. The van der Waals surface area contributed by atoms with E-state index < -0.39 is 0 Å². The highest BCUT2D eigenvalue weighted by Crippen LogP contribution is 2.28. The molecule has 2 saturated heterocycles. The molecule has 2 atom stereocenters. The summed E-state index contributed by atoms with van der Waals surface area (Å²) in [7, 11) is 0. The van der Waals surface area contributed by atoms with Gasteiger partial charge in [-0.05, 0) is 37.0 Å². The molecule has 4 nitrogen and oxygen atoms in total. The number of fused-ring (bicyclic) bond motifs is 1. The highest BCUT2D eigenvalue weighted by atomic mass is 79.9. The van der Waals surface area contributed by atoms with E-state index in [2.05, 4.69) is 21.2 Å². The number of likely N-dealkylation sites (tertiary alicyclic amines) is 1. The fraction of sp³-hybridized carbons (Fsp3) is 0.467. The number of halogens is 2. The lowest BCUT2D eigenvalue weighted by atomic mass is 9.85. The number of carbonyl (C=O) groups excluding carboxylic acids is 2. The van der Waals surface area contributed by atoms with Crippen molar-refractivity contribution in [2.24, 2.45) is 5.92 Å². The summed E-state index contributed by atoms with van der Waals surface area (Å²) in [6, 6.07) is 5.53. The molecule has 3 rings (SSSR count). The molecule has 1 aromatic carbocycles. The summed E-state index contributed by atoms with van der Waals surface area (Å²) in [5, 5.41) is 3.50. The average Bonchev–Trinajstić information content (AvgIpc) is 2.48. The van der Waals surface area contributed by atoms with E-state index in [9.17, 15) is 9.59 Å². The summed E-state index contributed by atoms with van der Waals surface area (Å²) >= 11 is 9.52. The van der Waals surface area contributed by atoms with Gasteiger partial charge in [-0.1, -0.05) is 27.5 Å². The first kappa shape index (κ1) is 14.9. The fourth-order valence-electron chi connectivity index (χ4n) is 3.13. The third kappa shape index (κ3) is 3.09. The van der Waals surface area contributed by atoms with Crippen LogP contribution < -0.4 is 5.32 Å². The monoisotopic (exact) mass is 370 g/mol. The molecular formula is C15H16BrClN2O2. The molecule has 0 bridgehead atoms. The van der Waals surface area contributed by atoms with Gasteiger partial charge in [0.15, 0.2) is 0 Å². The molecule has 0 aromatic heterocycles. The number of piperidine rings is 2. The van der Waals surface area contributed by atoms with Crippen LogP contribution in [0.15, 0.2) is 22.7 Å². The second-order valence-electron chi connectivity index (χ2n) is 5.64. The summed E-state index contributed by atoms with van der Waals surface area (Å²) in [5.74, 6) is 0.453. The summed E-state index contributed by atoms with van der Waals surface area (Å²) in [5.41, 5.74) is 0.532. The van der Waals surface area contributed by atoms with Gasteiger partial charge in [0.1, 0.15) is 0 Å². The van der Waals surface area contributed by atoms with Crippen LogP contribution in [0.1, 0.15) is 29.6 Å². The molecule has 2 unspecified atom stereocenters. The number of benzene rings is 1. The molecule has 0 aliphatic carbocycles. The molecule has 0 saturated carbocycles. The van der Waals surface area contributed by atoms with Gasteiger partial charge in [0.05, 0.1) is 10.6 Å². The average molecular weight is 372 g/mol. The van der Waals surface area contributed by atoms with Gasteiger partial charge in [-0.3, -0.25) is 9.59 Å². The molecule has 2 heterocycles. The Balaban J connectivity index is 1.74. The molecule has 1 aromatic rings. The number of carbonyl (C=O) groups is 2. The third-order valence-electron chi connectivity index (χ3n) is 4.27. The molecule has 112 valence electrons. The van der Waals surface area contributed by atoms with Crippen molar-refractivity contribution in [1.82, 2.24) is 10.2 Å². The molecule has 2 aliphatic rings. The van der Waals surface area contributed by atoms with Crippen molar-refractivity contribution in [1.29, 1.82) is 0 Å². The van der Waals surface area contributed by atoms with Crippen LogP contribution in [0.3, 0.4) is 0 Å². The van der Waals surface area contributed by atoms with Crippen LogP contribution in [0.4, 0.5) is 0 Å². The number of hydrogen-bond donors (Lipinski definition) is 1. The maximum atomic E-state index is 12.6. The van der Waals surface area contributed by atoms with Gasteiger partial charge in [-0.25, -0.2) is 0 Å². The van der Waals surface area contributed by atoms with E-state index in [1.54, 1.807) is 12.1 Å². The van der Waals surface area contributed by atoms with E-state index in [1.165, 1.54) is 0 Å². The normalized spacial score (nSPS) is 25.2. The maximum Gasteiger partial charge on any atom is 0.255 e. The number of nitrogens with zero attached hydrogens (tertiary/aromatic N) is 1. The Bertz CT molecular complexity index is 593. The molecule has 2 fully saturated rings. The van der Waals surface area contributed by atoms with E-state index >= 15 is 0 Å². The van der Waals surface area contributed by atoms with Gasteiger partial charge in [-0.2, -0.15) is 0 Å². The first-order valence-electron chi connectivity index (χ1n) is 7.08. The molecule has 0 spiro atoms. The second kappa shape index (κ2) is 5.97. The number of amides is 2. The van der Waals surface area contributed by atoms with Gasteiger partial charge in [0.2, 0.25) is 5.91 Å². The Hall–Kier alpha value is -1.07. The van der Waals surface area contributed by atoms with Gasteiger partial charge in [-0.15, -0.1) is 0 Å². The van der Waals surface area contributed by atoms with Crippen molar-refractivity contribution in [3.8, 4) is 0 Å². The van der Waals surface area contributed by atoms with Crippen molar-refractivity contribution in [2.75, 3.05) is 13.1 Å². The highest BCUT2D eigenvalue weighted by Gasteiger charge is 2.35. The van der Waals surface area contributed by atoms with Crippen LogP contribution in [0.5, 0.6) is 0 Å². The minimum Gasteiger partial charge on any atom is -0.353 e. The lowest BCUT2D eigenvalue weighted by Crippen LogP contribution is -2.55. The SMILES string of the molecule is O=C1CCC2CN(C(=O)c3cc(Br)ccc3Cl)CCC2N1. The Morgan fingerprint density at radius 1 is 1.38 bits per heavy atom. The molecule has 2 amide bonds. The van der Waals surface area contributed by atoms with E-state index in [0.717, 1.165) is 17.3 Å². The quantitative estimate of drug-likeness (QED) is 0.825. The van der Waals surface area contributed by atoms with Gasteiger partial charge < -0.3 is 10.2 Å². The maximum absolute atomic E-state index is 12.6. The van der Waals surface area contributed by atoms with Crippen LogP contribution in [-0.4, -0.2) is 35.8 Å². The minimum atomic E-state index is -0.0309. The predicted molar refractivity (Wildman–Crippen MR) is 84.3 cm³/mol. The zero-order chi connectivity index (χ0) is 15.0. The third-order valence-corrected chi connectivity index (χ3v) is 5.09. The van der Waals surface area contributed by atoms with Gasteiger partial charge in [0.25, 0.3) is 5.91 Å². The van der Waals surface area contributed by atoms with Crippen molar-refractivity contribution >= 4 is 39.3 Å². The zero-order valence-electron chi connectivity index (χ0n) is 11.4. The van der Waals surface area contributed by atoms with Crippen molar-refractivity contribution in [3.05, 3.63) is 33.3 Å². The Morgan fingerprint density at radius 3 is 3.00 bits per heavy atom. The van der Waals surface area contributed by atoms with Crippen molar-refractivity contribution < 1.29 is 9.59 Å². The lowest BCUT2D eigenvalue weighted by molar-refractivity contribution is -0.125. The van der Waals surface area contributed by atoms with E-state index in [0.29, 0.717) is 36.0 Å². The first-order valence-corrected chi connectivity index (χ1v) is 8.25. The van der Waals surface area contributed by atoms with Gasteiger partial charge in [0, 0.05) is 30.0 Å². The Kier molecular flexibility index (Phi) is 4.22. The minimum absolute atomic E-state index is 0.0309. The largest absolute Gasteiger partial charge is 0.353 e. The van der Waals surface area contributed by atoms with Crippen LogP contribution in [0.2, 0.25) is 5.02 Å². The first-order chi connectivity index (χ1) is 10.0. The fourth-order valence-corrected chi connectivity index (χ4v) is 3.69. The van der Waals surface area contributed by atoms with E-state index in [1.807, 2.05) is 11.0 Å². The molecule has 21 heavy (non-hydrogen) atoms. The summed E-state index contributed by atoms with van der Waals surface area (Å²) in [6.07, 6.45) is 2.22. The number of nitrogens with one attached hydrogen (secondary N) is 1. The van der Waals surface area contributed by atoms with Crippen LogP contribution in [-0.2, 0) is 4.79 Å². The Labute approximate surface area is 137 Å². The predicted octanol–water partition coefficient (Wildman–Crippen LogP) is 2.84. The van der Waals surface area contributed by atoms with E-state index in [4.69, 9.17) is 11.6 Å². The molecule has 1 N–H and O–H groups in total. The van der Waals surface area contributed by atoms with Crippen molar-refractivity contribution in [2.45, 2.75) is 25.3 Å². The topological polar surface area (TPSA) is 49.4 Å². The van der Waals surface area contributed by atoms with Crippen LogP contribution in [0, 0.1) is 5.92 Å².